The summed E-state index contributed by atoms with van der Waals surface area (Å²) in [5, 5.41) is 19.2. The van der Waals surface area contributed by atoms with Gasteiger partial charge in [-0.2, -0.15) is 0 Å². The Morgan fingerprint density at radius 3 is 2.21 bits per heavy atom. The highest BCUT2D eigenvalue weighted by Gasteiger charge is 2.42. The highest BCUT2D eigenvalue weighted by Crippen LogP contribution is 2.31. The minimum Gasteiger partial charge on any atom is -0.481 e. The number of hydrogen-bond acceptors (Lipinski definition) is 3. The van der Waals surface area contributed by atoms with Gasteiger partial charge in [0.05, 0.1) is 17.6 Å². The number of piperidine rings is 1. The van der Waals surface area contributed by atoms with Gasteiger partial charge in [0, 0.05) is 19.6 Å². The molecule has 2 atom stereocenters. The van der Waals surface area contributed by atoms with E-state index in [4.69, 9.17) is 0 Å². The van der Waals surface area contributed by atoms with Gasteiger partial charge in [-0.15, -0.1) is 0 Å². The van der Waals surface area contributed by atoms with Crippen LogP contribution < -0.4 is 0 Å². The number of carbonyl (C=O) groups excluding carboxylic acids is 1. The van der Waals surface area contributed by atoms with Crippen molar-refractivity contribution in [1.29, 1.82) is 0 Å². The molecule has 19 heavy (non-hydrogen) atoms. The fourth-order valence-electron chi connectivity index (χ4n) is 2.89. The van der Waals surface area contributed by atoms with Crippen molar-refractivity contribution in [2.45, 2.75) is 38.7 Å². The van der Waals surface area contributed by atoms with Crippen molar-refractivity contribution in [2.24, 2.45) is 5.41 Å². The van der Waals surface area contributed by atoms with Crippen LogP contribution in [0.4, 0.5) is 4.79 Å². The van der Waals surface area contributed by atoms with Crippen LogP contribution >= 0.6 is 0 Å². The first kappa shape index (κ1) is 14.1. The van der Waals surface area contributed by atoms with E-state index in [0.717, 1.165) is 0 Å². The number of β-amino-alcohol motifs (C(OH)–C–C–N with tert-alkyl or cyclic N) is 1. The number of carbonyl (C=O) groups is 2. The van der Waals surface area contributed by atoms with E-state index < -0.39 is 17.0 Å². The predicted molar refractivity (Wildman–Crippen MR) is 68.8 cm³/mol. The molecule has 6 nitrogen and oxygen atoms in total. The second-order valence-electron chi connectivity index (χ2n) is 6.34. The minimum absolute atomic E-state index is 0.148. The summed E-state index contributed by atoms with van der Waals surface area (Å²) in [4.78, 5) is 26.9. The normalized spacial score (nSPS) is 35.5. The van der Waals surface area contributed by atoms with Crippen LogP contribution in [-0.2, 0) is 4.79 Å². The molecular formula is C13H22N2O4. The Balaban J connectivity index is 2.02. The van der Waals surface area contributed by atoms with Gasteiger partial charge >= 0.3 is 12.0 Å². The van der Waals surface area contributed by atoms with Crippen molar-refractivity contribution in [3.63, 3.8) is 0 Å². The summed E-state index contributed by atoms with van der Waals surface area (Å²) in [6, 6.07) is -0.148. The summed E-state index contributed by atoms with van der Waals surface area (Å²) in [6.45, 7) is 5.12. The molecule has 2 unspecified atom stereocenters. The van der Waals surface area contributed by atoms with E-state index in [1.807, 2.05) is 0 Å². The van der Waals surface area contributed by atoms with Crippen molar-refractivity contribution in [1.82, 2.24) is 9.80 Å². The quantitative estimate of drug-likeness (QED) is 0.736. The van der Waals surface area contributed by atoms with Gasteiger partial charge in [0.15, 0.2) is 0 Å². The second-order valence-corrected chi connectivity index (χ2v) is 6.34. The molecule has 2 aliphatic heterocycles. The zero-order valence-electron chi connectivity index (χ0n) is 11.6. The van der Waals surface area contributed by atoms with Crippen molar-refractivity contribution in [2.75, 3.05) is 26.2 Å². The Hall–Kier alpha value is -1.30. The van der Waals surface area contributed by atoms with Crippen LogP contribution in [0.5, 0.6) is 0 Å². The molecule has 0 bridgehead atoms. The maximum Gasteiger partial charge on any atom is 0.320 e. The van der Waals surface area contributed by atoms with Crippen LogP contribution in [0.3, 0.4) is 0 Å². The van der Waals surface area contributed by atoms with Crippen LogP contribution in [0, 0.1) is 5.41 Å². The summed E-state index contributed by atoms with van der Waals surface area (Å²) in [6.07, 6.45) is 1.88. The highest BCUT2D eigenvalue weighted by atomic mass is 16.4. The molecule has 0 aliphatic carbocycles. The molecule has 2 amide bonds. The Morgan fingerprint density at radius 2 is 1.68 bits per heavy atom. The molecule has 0 aromatic heterocycles. The van der Waals surface area contributed by atoms with Crippen LogP contribution in [0.15, 0.2) is 0 Å². The molecule has 2 saturated heterocycles. The van der Waals surface area contributed by atoms with Gasteiger partial charge in [-0.3, -0.25) is 4.79 Å². The average molecular weight is 270 g/mol. The Bertz CT molecular complexity index is 396. The first-order valence-corrected chi connectivity index (χ1v) is 6.73. The Morgan fingerprint density at radius 1 is 1.05 bits per heavy atom. The third-order valence-corrected chi connectivity index (χ3v) is 4.21. The standard InChI is InChI=1S/C13H22N2O4/c1-12(10(16)17)4-3-6-14(8-12)11(18)15-7-5-13(2,19)9-15/h19H,3-9H2,1-2H3,(H,16,17). The summed E-state index contributed by atoms with van der Waals surface area (Å²) < 4.78 is 0. The van der Waals surface area contributed by atoms with E-state index in [2.05, 4.69) is 0 Å². The van der Waals surface area contributed by atoms with E-state index >= 15 is 0 Å². The van der Waals surface area contributed by atoms with Crippen molar-refractivity contribution >= 4 is 12.0 Å². The number of aliphatic hydroxyl groups is 1. The zero-order valence-corrected chi connectivity index (χ0v) is 11.6. The van der Waals surface area contributed by atoms with Gasteiger partial charge in [0.1, 0.15) is 0 Å². The number of hydrogen-bond donors (Lipinski definition) is 2. The van der Waals surface area contributed by atoms with Crippen LogP contribution in [0.25, 0.3) is 0 Å². The lowest BCUT2D eigenvalue weighted by Crippen LogP contribution is -2.52. The van der Waals surface area contributed by atoms with Crippen molar-refractivity contribution < 1.29 is 19.8 Å². The van der Waals surface area contributed by atoms with E-state index in [0.29, 0.717) is 38.9 Å². The van der Waals surface area contributed by atoms with Gasteiger partial charge in [0.2, 0.25) is 0 Å². The maximum absolute atomic E-state index is 12.3. The molecule has 0 radical (unpaired) electrons. The molecular weight excluding hydrogens is 248 g/mol. The van der Waals surface area contributed by atoms with Gasteiger partial charge in [0.25, 0.3) is 0 Å². The van der Waals surface area contributed by atoms with Gasteiger partial charge < -0.3 is 20.0 Å². The molecule has 0 spiro atoms. The van der Waals surface area contributed by atoms with E-state index in [-0.39, 0.29) is 12.6 Å². The first-order valence-electron chi connectivity index (χ1n) is 6.73. The second kappa shape index (κ2) is 4.67. The molecule has 2 rings (SSSR count). The Kier molecular flexibility index (Phi) is 3.47. The van der Waals surface area contributed by atoms with E-state index in [1.54, 1.807) is 23.6 Å². The van der Waals surface area contributed by atoms with Crippen LogP contribution in [-0.4, -0.2) is 63.8 Å². The van der Waals surface area contributed by atoms with E-state index in [1.165, 1.54) is 0 Å². The summed E-state index contributed by atoms with van der Waals surface area (Å²) in [7, 11) is 0. The van der Waals surface area contributed by atoms with Gasteiger partial charge in [-0.1, -0.05) is 0 Å². The molecule has 6 heteroatoms. The zero-order chi connectivity index (χ0) is 14.3. The number of urea groups is 1. The van der Waals surface area contributed by atoms with Crippen LogP contribution in [0.1, 0.15) is 33.1 Å². The minimum atomic E-state index is -0.851. The molecule has 0 aromatic carbocycles. The number of rotatable bonds is 1. The monoisotopic (exact) mass is 270 g/mol. The van der Waals surface area contributed by atoms with E-state index in [9.17, 15) is 19.8 Å². The lowest BCUT2D eigenvalue weighted by Gasteiger charge is -2.39. The topological polar surface area (TPSA) is 81.1 Å². The van der Waals surface area contributed by atoms with Crippen LogP contribution in [0.2, 0.25) is 0 Å². The maximum atomic E-state index is 12.3. The van der Waals surface area contributed by atoms with Crippen molar-refractivity contribution in [3.8, 4) is 0 Å². The molecule has 2 heterocycles. The molecule has 0 saturated carbocycles. The molecule has 0 aromatic rings. The highest BCUT2D eigenvalue weighted by molar-refractivity contribution is 5.78. The number of aliphatic carboxylic acids is 1. The third-order valence-electron chi connectivity index (χ3n) is 4.21. The predicted octanol–water partition coefficient (Wildman–Crippen LogP) is 0.750. The number of carboxylic acids is 1. The summed E-state index contributed by atoms with van der Waals surface area (Å²) in [5.74, 6) is -0.849. The molecule has 2 fully saturated rings. The fraction of sp³-hybridized carbons (Fsp3) is 0.846. The lowest BCUT2D eigenvalue weighted by atomic mass is 9.82. The lowest BCUT2D eigenvalue weighted by molar-refractivity contribution is -0.150. The number of nitrogens with zero attached hydrogens (tertiary/aromatic N) is 2. The largest absolute Gasteiger partial charge is 0.481 e. The fourth-order valence-corrected chi connectivity index (χ4v) is 2.89. The van der Waals surface area contributed by atoms with Crippen molar-refractivity contribution in [3.05, 3.63) is 0 Å². The Labute approximate surface area is 113 Å². The number of amides is 2. The molecule has 108 valence electrons. The number of carboxylic acid groups (broad SMARTS) is 1. The summed E-state index contributed by atoms with van der Waals surface area (Å²) in [5.41, 5.74) is -1.67. The molecule has 2 N–H and O–H groups in total. The molecule has 2 aliphatic rings. The summed E-state index contributed by atoms with van der Waals surface area (Å²) >= 11 is 0. The van der Waals surface area contributed by atoms with Gasteiger partial charge in [-0.05, 0) is 33.1 Å². The smallest absolute Gasteiger partial charge is 0.320 e. The van der Waals surface area contributed by atoms with Gasteiger partial charge in [-0.25, -0.2) is 4.79 Å². The third kappa shape index (κ3) is 2.83. The first-order chi connectivity index (χ1) is 8.73. The average Bonchev–Trinajstić information content (AvgIpc) is 2.68. The number of likely N-dealkylation sites (tertiary alicyclic amines) is 2. The SMILES string of the molecule is CC1(O)CCN(C(=O)N2CCCC(C)(C(=O)O)C2)C1.